The van der Waals surface area contributed by atoms with E-state index in [1.54, 1.807) is 18.2 Å². The molecule has 1 atom stereocenters. The third kappa shape index (κ3) is 4.88. The number of aliphatic imine (C=N–C) groups is 1. The van der Waals surface area contributed by atoms with Crippen LogP contribution in [0.5, 0.6) is 0 Å². The highest BCUT2D eigenvalue weighted by Gasteiger charge is 2.39. The fraction of sp³-hybridized carbons (Fsp3) is 0.400. The molecule has 3 aliphatic rings. The van der Waals surface area contributed by atoms with Crippen molar-refractivity contribution in [3.05, 3.63) is 58.1 Å². The van der Waals surface area contributed by atoms with Crippen molar-refractivity contribution in [1.82, 2.24) is 16.0 Å². The first kappa shape index (κ1) is 22.7. The number of ether oxygens (including phenoxy) is 1. The van der Waals surface area contributed by atoms with E-state index in [9.17, 15) is 9.59 Å². The van der Waals surface area contributed by atoms with Crippen LogP contribution in [0, 0.1) is 0 Å². The second-order valence-electron chi connectivity index (χ2n) is 9.23. The summed E-state index contributed by atoms with van der Waals surface area (Å²) in [6.07, 6.45) is 3.63. The zero-order chi connectivity index (χ0) is 23.7. The van der Waals surface area contributed by atoms with Crippen molar-refractivity contribution in [2.75, 3.05) is 25.0 Å². The molecular weight excluding hydrogens is 454 g/mol. The molecule has 5 rings (SSSR count). The summed E-state index contributed by atoms with van der Waals surface area (Å²) < 4.78 is 5.93. The zero-order valence-corrected chi connectivity index (χ0v) is 19.8. The van der Waals surface area contributed by atoms with Gasteiger partial charge in [-0.1, -0.05) is 17.7 Å². The summed E-state index contributed by atoms with van der Waals surface area (Å²) in [5, 5.41) is 12.9. The summed E-state index contributed by atoms with van der Waals surface area (Å²) in [6.45, 7) is 4.19. The number of halogens is 1. The van der Waals surface area contributed by atoms with Gasteiger partial charge in [-0.3, -0.25) is 9.59 Å². The Kier molecular flexibility index (Phi) is 6.18. The van der Waals surface area contributed by atoms with Gasteiger partial charge in [0.1, 0.15) is 0 Å². The minimum Gasteiger partial charge on any atom is -0.373 e. The Hall–Kier alpha value is -3.10. The average molecular weight is 482 g/mol. The van der Waals surface area contributed by atoms with E-state index in [0.29, 0.717) is 34.4 Å². The lowest BCUT2D eigenvalue weighted by molar-refractivity contribution is 0.0934. The van der Waals surface area contributed by atoms with Crippen LogP contribution in [0.4, 0.5) is 11.4 Å². The van der Waals surface area contributed by atoms with E-state index in [1.165, 1.54) is 0 Å². The molecule has 2 heterocycles. The summed E-state index contributed by atoms with van der Waals surface area (Å²) in [5.74, 6) is -0.0112. The van der Waals surface area contributed by atoms with Crippen LogP contribution in [-0.4, -0.2) is 43.0 Å². The maximum atomic E-state index is 12.8. The van der Waals surface area contributed by atoms with Crippen molar-refractivity contribution in [2.45, 2.75) is 44.2 Å². The molecule has 1 saturated carbocycles. The van der Waals surface area contributed by atoms with Crippen molar-refractivity contribution in [3.63, 3.8) is 0 Å². The Morgan fingerprint density at radius 1 is 1.15 bits per heavy atom. The molecule has 2 aromatic carbocycles. The van der Waals surface area contributed by atoms with E-state index in [0.717, 1.165) is 50.0 Å². The quantitative estimate of drug-likeness (QED) is 0.499. The maximum Gasteiger partial charge on any atom is 0.280 e. The van der Waals surface area contributed by atoms with Gasteiger partial charge in [-0.25, -0.2) is 0 Å². The molecular formula is C25H28ClN5O3. The number of anilines is 2. The van der Waals surface area contributed by atoms with Crippen LogP contribution >= 0.6 is 11.6 Å². The number of hydrogen-bond donors (Lipinski definition) is 4. The minimum atomic E-state index is -0.326. The molecule has 2 amide bonds. The van der Waals surface area contributed by atoms with Crippen LogP contribution in [0.2, 0.25) is 5.02 Å². The van der Waals surface area contributed by atoms with Gasteiger partial charge in [-0.15, -0.1) is 0 Å². The number of benzene rings is 2. The molecule has 0 aromatic heterocycles. The van der Waals surface area contributed by atoms with Gasteiger partial charge >= 0.3 is 0 Å². The molecule has 1 aliphatic carbocycles. The highest BCUT2D eigenvalue weighted by atomic mass is 35.5. The summed E-state index contributed by atoms with van der Waals surface area (Å²) in [5.41, 5.74) is 3.04. The molecule has 0 spiro atoms. The normalized spacial score (nSPS) is 20.3. The standard InChI is InChI=1S/C25H28ClN5O3/c1-25(9-10-25)31-23(33)16-4-2-5-19(21(16)26)29-18-8-7-15(14-17(18)20-6-3-13-34-20)22(32)30-24-27-11-12-28-24/h2,4-5,7-8,14,20,29H,3,6,9-13H2,1H3,(H,31,33)(H2,27,28,30,32). The SMILES string of the molecule is CC1(NC(=O)c2cccc(Nc3ccc(C(=O)N=C4NCCN4)cc3C3CCCO3)c2Cl)CC1. The number of rotatable bonds is 6. The van der Waals surface area contributed by atoms with Crippen LogP contribution in [0.15, 0.2) is 41.4 Å². The first-order valence-corrected chi connectivity index (χ1v) is 12.0. The number of hydrogen-bond acceptors (Lipinski definition) is 4. The van der Waals surface area contributed by atoms with E-state index in [4.69, 9.17) is 16.3 Å². The molecule has 2 aromatic rings. The van der Waals surface area contributed by atoms with E-state index in [-0.39, 0.29) is 23.5 Å². The predicted octanol–water partition coefficient (Wildman–Crippen LogP) is 3.91. The number of carbonyl (C=O) groups excluding carboxylic acids is 2. The Labute approximate surface area is 203 Å². The van der Waals surface area contributed by atoms with Gasteiger partial charge in [0.25, 0.3) is 11.8 Å². The molecule has 4 N–H and O–H groups in total. The van der Waals surface area contributed by atoms with E-state index in [2.05, 4.69) is 26.3 Å². The van der Waals surface area contributed by atoms with Gasteiger partial charge in [0.15, 0.2) is 5.96 Å². The first-order chi connectivity index (χ1) is 16.4. The van der Waals surface area contributed by atoms with E-state index >= 15 is 0 Å². The zero-order valence-electron chi connectivity index (χ0n) is 19.0. The highest BCUT2D eigenvalue weighted by Crippen LogP contribution is 2.38. The molecule has 178 valence electrons. The van der Waals surface area contributed by atoms with Crippen LogP contribution in [0.1, 0.15) is 65.0 Å². The third-order valence-electron chi connectivity index (χ3n) is 6.43. The Bertz CT molecular complexity index is 1150. The summed E-state index contributed by atoms with van der Waals surface area (Å²) >= 11 is 6.65. The van der Waals surface area contributed by atoms with E-state index < -0.39 is 0 Å². The van der Waals surface area contributed by atoms with Gasteiger partial charge in [0.05, 0.1) is 22.4 Å². The van der Waals surface area contributed by atoms with Crippen LogP contribution < -0.4 is 21.3 Å². The Morgan fingerprint density at radius 3 is 2.65 bits per heavy atom. The minimum absolute atomic E-state index is 0.133. The second-order valence-corrected chi connectivity index (χ2v) is 9.61. The number of nitrogens with zero attached hydrogens (tertiary/aromatic N) is 1. The van der Waals surface area contributed by atoms with Crippen molar-refractivity contribution in [2.24, 2.45) is 4.99 Å². The van der Waals surface area contributed by atoms with Crippen molar-refractivity contribution in [3.8, 4) is 0 Å². The highest BCUT2D eigenvalue weighted by molar-refractivity contribution is 6.36. The smallest absolute Gasteiger partial charge is 0.280 e. The maximum absolute atomic E-state index is 12.8. The number of nitrogens with one attached hydrogen (secondary N) is 4. The number of carbonyl (C=O) groups is 2. The number of amides is 2. The van der Waals surface area contributed by atoms with Crippen molar-refractivity contribution in [1.29, 1.82) is 0 Å². The summed E-state index contributed by atoms with van der Waals surface area (Å²) in [4.78, 5) is 29.6. The molecule has 2 saturated heterocycles. The summed E-state index contributed by atoms with van der Waals surface area (Å²) in [7, 11) is 0. The Balaban J connectivity index is 1.43. The molecule has 3 fully saturated rings. The lowest BCUT2D eigenvalue weighted by atomic mass is 10.0. The molecule has 2 aliphatic heterocycles. The second kappa shape index (κ2) is 9.27. The predicted molar refractivity (Wildman–Crippen MR) is 132 cm³/mol. The van der Waals surface area contributed by atoms with Gasteiger partial charge in [0, 0.05) is 42.0 Å². The molecule has 1 unspecified atom stereocenters. The van der Waals surface area contributed by atoms with Crippen molar-refractivity contribution >= 4 is 40.7 Å². The van der Waals surface area contributed by atoms with Crippen LogP contribution in [0.3, 0.4) is 0 Å². The van der Waals surface area contributed by atoms with Gasteiger partial charge < -0.3 is 26.0 Å². The van der Waals surface area contributed by atoms with Gasteiger partial charge in [-0.2, -0.15) is 4.99 Å². The Morgan fingerprint density at radius 2 is 1.94 bits per heavy atom. The lowest BCUT2D eigenvalue weighted by Gasteiger charge is -2.19. The van der Waals surface area contributed by atoms with Crippen molar-refractivity contribution < 1.29 is 14.3 Å². The molecule has 0 radical (unpaired) electrons. The number of guanidine groups is 1. The fourth-order valence-electron chi connectivity index (χ4n) is 4.17. The van der Waals surface area contributed by atoms with Crippen LogP contribution in [-0.2, 0) is 4.74 Å². The van der Waals surface area contributed by atoms with Gasteiger partial charge in [0.2, 0.25) is 0 Å². The summed E-state index contributed by atoms with van der Waals surface area (Å²) in [6, 6.07) is 10.8. The van der Waals surface area contributed by atoms with E-state index in [1.807, 2.05) is 25.1 Å². The van der Waals surface area contributed by atoms with Gasteiger partial charge in [-0.05, 0) is 62.9 Å². The first-order valence-electron chi connectivity index (χ1n) is 11.7. The lowest BCUT2D eigenvalue weighted by Crippen LogP contribution is -2.34. The fourth-order valence-corrected chi connectivity index (χ4v) is 4.43. The molecule has 9 heteroatoms. The third-order valence-corrected chi connectivity index (χ3v) is 6.83. The monoisotopic (exact) mass is 481 g/mol. The molecule has 8 nitrogen and oxygen atoms in total. The topological polar surface area (TPSA) is 104 Å². The molecule has 0 bridgehead atoms. The average Bonchev–Trinajstić information content (AvgIpc) is 3.23. The van der Waals surface area contributed by atoms with Crippen LogP contribution in [0.25, 0.3) is 0 Å². The largest absolute Gasteiger partial charge is 0.373 e. The molecule has 34 heavy (non-hydrogen) atoms.